The van der Waals surface area contributed by atoms with Crippen molar-refractivity contribution >= 4 is 11.6 Å². The van der Waals surface area contributed by atoms with E-state index >= 15 is 0 Å². The summed E-state index contributed by atoms with van der Waals surface area (Å²) in [5.74, 6) is -0.0817. The lowest BCUT2D eigenvalue weighted by Gasteiger charge is -2.34. The summed E-state index contributed by atoms with van der Waals surface area (Å²) >= 11 is 0. The van der Waals surface area contributed by atoms with Gasteiger partial charge < -0.3 is 15.0 Å². The summed E-state index contributed by atoms with van der Waals surface area (Å²) < 4.78 is 7.22. The number of anilines is 1. The highest BCUT2D eigenvalue weighted by Crippen LogP contribution is 2.21. The summed E-state index contributed by atoms with van der Waals surface area (Å²) in [5.41, 5.74) is 1.97. The van der Waals surface area contributed by atoms with Crippen molar-refractivity contribution in [1.82, 2.24) is 15.1 Å². The van der Waals surface area contributed by atoms with Crippen LogP contribution >= 0.6 is 0 Å². The topological polar surface area (TPSA) is 59.4 Å². The SMILES string of the molecule is CO[C@@H](C(=O)N[C@@H]1CCCN(c2cnn(C)c2)C1)c1ccccc1. The van der Waals surface area contributed by atoms with Gasteiger partial charge in [-0.25, -0.2) is 0 Å². The molecular weight excluding hydrogens is 304 g/mol. The van der Waals surface area contributed by atoms with E-state index in [-0.39, 0.29) is 11.9 Å². The predicted molar refractivity (Wildman–Crippen MR) is 92.8 cm³/mol. The molecule has 0 bridgehead atoms. The quantitative estimate of drug-likeness (QED) is 0.911. The highest BCUT2D eigenvalue weighted by atomic mass is 16.5. The normalized spacial score (nSPS) is 19.1. The maximum absolute atomic E-state index is 12.6. The lowest BCUT2D eigenvalue weighted by molar-refractivity contribution is -0.132. The number of aryl methyl sites for hydroxylation is 1. The molecule has 1 N–H and O–H groups in total. The molecule has 3 rings (SSSR count). The minimum absolute atomic E-state index is 0.0817. The van der Waals surface area contributed by atoms with Gasteiger partial charge in [-0.15, -0.1) is 0 Å². The van der Waals surface area contributed by atoms with Gasteiger partial charge in [-0.2, -0.15) is 5.10 Å². The third-order valence-corrected chi connectivity index (χ3v) is 4.40. The second kappa shape index (κ2) is 7.49. The molecule has 0 aliphatic carbocycles. The van der Waals surface area contributed by atoms with Gasteiger partial charge in [0.05, 0.1) is 11.9 Å². The third kappa shape index (κ3) is 3.76. The fourth-order valence-corrected chi connectivity index (χ4v) is 3.20. The molecule has 0 unspecified atom stereocenters. The summed E-state index contributed by atoms with van der Waals surface area (Å²) in [6.07, 6.45) is 5.33. The summed E-state index contributed by atoms with van der Waals surface area (Å²) in [7, 11) is 3.48. The van der Waals surface area contributed by atoms with Gasteiger partial charge in [0.1, 0.15) is 0 Å². The van der Waals surface area contributed by atoms with Crippen LogP contribution in [0.4, 0.5) is 5.69 Å². The Bertz CT molecular complexity index is 671. The summed E-state index contributed by atoms with van der Waals surface area (Å²) in [6.45, 7) is 1.78. The molecule has 2 atom stereocenters. The number of nitrogens with zero attached hydrogens (tertiary/aromatic N) is 3. The van der Waals surface area contributed by atoms with Crippen LogP contribution in [0.1, 0.15) is 24.5 Å². The molecule has 1 aromatic heterocycles. The van der Waals surface area contributed by atoms with E-state index in [1.807, 2.05) is 49.8 Å². The lowest BCUT2D eigenvalue weighted by atomic mass is 10.0. The standard InChI is InChI=1S/C18H24N4O2/c1-21-13-16(11-19-21)22-10-6-9-15(12-22)20-18(23)17(24-2)14-7-4-3-5-8-14/h3-5,7-8,11,13,15,17H,6,9-10,12H2,1-2H3,(H,20,23)/t15-,17-/m1/s1. The van der Waals surface area contributed by atoms with E-state index in [0.717, 1.165) is 37.2 Å². The molecule has 1 aliphatic heterocycles. The average Bonchev–Trinajstić information content (AvgIpc) is 3.03. The van der Waals surface area contributed by atoms with E-state index in [1.54, 1.807) is 11.8 Å². The minimum Gasteiger partial charge on any atom is -0.367 e. The molecule has 1 saturated heterocycles. The molecule has 24 heavy (non-hydrogen) atoms. The molecule has 0 spiro atoms. The van der Waals surface area contributed by atoms with Crippen LogP contribution in [0.15, 0.2) is 42.7 Å². The summed E-state index contributed by atoms with van der Waals surface area (Å²) in [4.78, 5) is 14.9. The zero-order valence-electron chi connectivity index (χ0n) is 14.2. The number of carbonyl (C=O) groups is 1. The average molecular weight is 328 g/mol. The van der Waals surface area contributed by atoms with Crippen LogP contribution < -0.4 is 10.2 Å². The molecule has 1 amide bonds. The van der Waals surface area contributed by atoms with E-state index < -0.39 is 6.10 Å². The Morgan fingerprint density at radius 2 is 2.17 bits per heavy atom. The number of amides is 1. The second-order valence-electron chi connectivity index (χ2n) is 6.19. The highest BCUT2D eigenvalue weighted by molar-refractivity contribution is 5.82. The molecule has 6 nitrogen and oxygen atoms in total. The number of hydrogen-bond donors (Lipinski definition) is 1. The molecule has 6 heteroatoms. The van der Waals surface area contributed by atoms with E-state index in [2.05, 4.69) is 15.3 Å². The predicted octanol–water partition coefficient (Wildman–Crippen LogP) is 1.89. The number of benzene rings is 1. The number of ether oxygens (including phenoxy) is 1. The molecule has 2 aromatic rings. The van der Waals surface area contributed by atoms with E-state index in [1.165, 1.54) is 0 Å². The van der Waals surface area contributed by atoms with Crippen LogP contribution in [-0.4, -0.2) is 41.9 Å². The van der Waals surface area contributed by atoms with Crippen LogP contribution in [0.25, 0.3) is 0 Å². The van der Waals surface area contributed by atoms with Crippen molar-refractivity contribution in [3.8, 4) is 0 Å². The largest absolute Gasteiger partial charge is 0.367 e. The number of nitrogens with one attached hydrogen (secondary N) is 1. The molecule has 0 radical (unpaired) electrons. The fraction of sp³-hybridized carbons (Fsp3) is 0.444. The Labute approximate surface area is 142 Å². The zero-order chi connectivity index (χ0) is 16.9. The molecule has 0 saturated carbocycles. The maximum atomic E-state index is 12.6. The Kier molecular flexibility index (Phi) is 5.15. The van der Waals surface area contributed by atoms with Crippen molar-refractivity contribution in [2.75, 3.05) is 25.1 Å². The van der Waals surface area contributed by atoms with Crippen LogP contribution in [0, 0.1) is 0 Å². The van der Waals surface area contributed by atoms with Gasteiger partial charge in [-0.1, -0.05) is 30.3 Å². The van der Waals surface area contributed by atoms with Gasteiger partial charge in [0.15, 0.2) is 6.10 Å². The first-order chi connectivity index (χ1) is 11.7. The first kappa shape index (κ1) is 16.5. The van der Waals surface area contributed by atoms with Crippen molar-refractivity contribution in [2.24, 2.45) is 7.05 Å². The Balaban J connectivity index is 1.63. The smallest absolute Gasteiger partial charge is 0.254 e. The molecular formula is C18H24N4O2. The summed E-state index contributed by atoms with van der Waals surface area (Å²) in [5, 5.41) is 7.37. The number of aromatic nitrogens is 2. The van der Waals surface area contributed by atoms with Crippen molar-refractivity contribution in [3.63, 3.8) is 0 Å². The maximum Gasteiger partial charge on any atom is 0.254 e. The minimum atomic E-state index is -0.569. The number of carbonyl (C=O) groups excluding carboxylic acids is 1. The van der Waals surface area contributed by atoms with Gasteiger partial charge in [0.25, 0.3) is 5.91 Å². The molecule has 1 aromatic carbocycles. The van der Waals surface area contributed by atoms with Gasteiger partial charge in [-0.3, -0.25) is 9.48 Å². The van der Waals surface area contributed by atoms with Crippen LogP contribution in [0.2, 0.25) is 0 Å². The van der Waals surface area contributed by atoms with Gasteiger partial charge in [-0.05, 0) is 18.4 Å². The Morgan fingerprint density at radius 3 is 2.83 bits per heavy atom. The Morgan fingerprint density at radius 1 is 1.38 bits per heavy atom. The zero-order valence-corrected chi connectivity index (χ0v) is 14.2. The number of rotatable bonds is 5. The molecule has 1 aliphatic rings. The van der Waals surface area contributed by atoms with E-state index in [0.29, 0.717) is 0 Å². The molecule has 128 valence electrons. The monoisotopic (exact) mass is 328 g/mol. The van der Waals surface area contributed by atoms with Crippen LogP contribution in [-0.2, 0) is 16.6 Å². The first-order valence-corrected chi connectivity index (χ1v) is 8.29. The third-order valence-electron chi connectivity index (χ3n) is 4.40. The Hall–Kier alpha value is -2.34. The van der Waals surface area contributed by atoms with Gasteiger partial charge >= 0.3 is 0 Å². The van der Waals surface area contributed by atoms with Crippen molar-refractivity contribution in [2.45, 2.75) is 25.0 Å². The molecule has 2 heterocycles. The highest BCUT2D eigenvalue weighted by Gasteiger charge is 2.26. The molecule has 1 fully saturated rings. The number of piperidine rings is 1. The van der Waals surface area contributed by atoms with Crippen molar-refractivity contribution in [3.05, 3.63) is 48.3 Å². The fourth-order valence-electron chi connectivity index (χ4n) is 3.20. The van der Waals surface area contributed by atoms with Crippen molar-refractivity contribution < 1.29 is 9.53 Å². The number of hydrogen-bond acceptors (Lipinski definition) is 4. The van der Waals surface area contributed by atoms with Gasteiger partial charge in [0.2, 0.25) is 0 Å². The summed E-state index contributed by atoms with van der Waals surface area (Å²) in [6, 6.07) is 9.71. The van der Waals surface area contributed by atoms with Crippen LogP contribution in [0.5, 0.6) is 0 Å². The van der Waals surface area contributed by atoms with E-state index in [9.17, 15) is 4.79 Å². The first-order valence-electron chi connectivity index (χ1n) is 8.29. The second-order valence-corrected chi connectivity index (χ2v) is 6.19. The van der Waals surface area contributed by atoms with Gasteiger partial charge in [0, 0.05) is 39.5 Å². The lowest BCUT2D eigenvalue weighted by Crippen LogP contribution is -2.49. The van der Waals surface area contributed by atoms with E-state index in [4.69, 9.17) is 4.74 Å². The van der Waals surface area contributed by atoms with Crippen molar-refractivity contribution in [1.29, 1.82) is 0 Å². The van der Waals surface area contributed by atoms with Crippen LogP contribution in [0.3, 0.4) is 0 Å². The number of methoxy groups -OCH3 is 1.